The van der Waals surface area contributed by atoms with E-state index in [0.717, 1.165) is 51.3 Å². The number of benzene rings is 1. The minimum Gasteiger partial charge on any atom is -0.495 e. The number of piperazine rings is 1. The normalized spacial score (nSPS) is 18.1. The fourth-order valence-electron chi connectivity index (χ4n) is 2.66. The molecule has 1 aromatic carbocycles. The first-order valence-corrected chi connectivity index (χ1v) is 7.60. The average molecular weight is 277 g/mol. The van der Waals surface area contributed by atoms with Gasteiger partial charge >= 0.3 is 0 Å². The van der Waals surface area contributed by atoms with Crippen molar-refractivity contribution in [3.05, 3.63) is 24.3 Å². The standard InChI is InChI=1S/C16H27N3O/c1-3-14(17)8-9-18-10-12-19(13-11-18)15-6-4-5-7-16(15)20-2/h4-7,14H,3,8-13,17H2,1-2H3. The van der Waals surface area contributed by atoms with Gasteiger partial charge in [0.2, 0.25) is 0 Å². The number of nitrogens with two attached hydrogens (primary N) is 1. The lowest BCUT2D eigenvalue weighted by molar-refractivity contribution is 0.247. The minimum atomic E-state index is 0.349. The lowest BCUT2D eigenvalue weighted by atomic mass is 10.1. The average Bonchev–Trinajstić information content (AvgIpc) is 2.53. The molecule has 1 aliphatic rings. The number of anilines is 1. The lowest BCUT2D eigenvalue weighted by Crippen LogP contribution is -2.47. The van der Waals surface area contributed by atoms with Crippen LogP contribution in [0.1, 0.15) is 19.8 Å². The quantitative estimate of drug-likeness (QED) is 0.863. The van der Waals surface area contributed by atoms with Gasteiger partial charge in [0, 0.05) is 32.2 Å². The van der Waals surface area contributed by atoms with Gasteiger partial charge in [-0.2, -0.15) is 0 Å². The Morgan fingerprint density at radius 2 is 1.90 bits per heavy atom. The molecule has 1 fully saturated rings. The molecule has 0 spiro atoms. The second kappa shape index (κ2) is 7.50. The Kier molecular flexibility index (Phi) is 5.68. The highest BCUT2D eigenvalue weighted by Crippen LogP contribution is 2.28. The molecule has 0 radical (unpaired) electrons. The van der Waals surface area contributed by atoms with E-state index in [1.54, 1.807) is 7.11 Å². The van der Waals surface area contributed by atoms with Crippen molar-refractivity contribution < 1.29 is 4.74 Å². The number of rotatable bonds is 6. The van der Waals surface area contributed by atoms with Crippen LogP contribution in [0.4, 0.5) is 5.69 Å². The van der Waals surface area contributed by atoms with Crippen molar-refractivity contribution in [3.63, 3.8) is 0 Å². The van der Waals surface area contributed by atoms with E-state index in [4.69, 9.17) is 10.5 Å². The summed E-state index contributed by atoms with van der Waals surface area (Å²) in [6, 6.07) is 8.61. The summed E-state index contributed by atoms with van der Waals surface area (Å²) in [6.45, 7) is 7.60. The lowest BCUT2D eigenvalue weighted by Gasteiger charge is -2.36. The highest BCUT2D eigenvalue weighted by atomic mass is 16.5. The molecule has 0 aromatic heterocycles. The summed E-state index contributed by atoms with van der Waals surface area (Å²) in [5, 5.41) is 0. The third-order valence-electron chi connectivity index (χ3n) is 4.14. The maximum Gasteiger partial charge on any atom is 0.142 e. The molecule has 20 heavy (non-hydrogen) atoms. The number of nitrogens with zero attached hydrogens (tertiary/aromatic N) is 2. The monoisotopic (exact) mass is 277 g/mol. The SMILES string of the molecule is CCC(N)CCN1CCN(c2ccccc2OC)CC1. The van der Waals surface area contributed by atoms with E-state index in [0.29, 0.717) is 6.04 Å². The van der Waals surface area contributed by atoms with Crippen LogP contribution in [0.5, 0.6) is 5.75 Å². The molecule has 1 unspecified atom stereocenters. The molecule has 112 valence electrons. The number of methoxy groups -OCH3 is 1. The topological polar surface area (TPSA) is 41.7 Å². The summed E-state index contributed by atoms with van der Waals surface area (Å²) in [5.41, 5.74) is 7.20. The van der Waals surface area contributed by atoms with Crippen molar-refractivity contribution in [3.8, 4) is 5.75 Å². The van der Waals surface area contributed by atoms with Gasteiger partial charge in [0.25, 0.3) is 0 Å². The van der Waals surface area contributed by atoms with Crippen molar-refractivity contribution in [2.75, 3.05) is 44.7 Å². The van der Waals surface area contributed by atoms with E-state index in [-0.39, 0.29) is 0 Å². The Bertz CT molecular complexity index is 402. The number of hydrogen-bond acceptors (Lipinski definition) is 4. The summed E-state index contributed by atoms with van der Waals surface area (Å²) < 4.78 is 5.45. The van der Waals surface area contributed by atoms with Crippen LogP contribution < -0.4 is 15.4 Å². The summed E-state index contributed by atoms with van der Waals surface area (Å²) in [6.07, 6.45) is 2.17. The van der Waals surface area contributed by atoms with Crippen molar-refractivity contribution in [1.82, 2.24) is 4.90 Å². The smallest absolute Gasteiger partial charge is 0.142 e. The summed E-state index contributed by atoms with van der Waals surface area (Å²) in [7, 11) is 1.74. The molecule has 1 aromatic rings. The number of ether oxygens (including phenoxy) is 1. The molecule has 0 aliphatic carbocycles. The van der Waals surface area contributed by atoms with Crippen LogP contribution in [0.15, 0.2) is 24.3 Å². The summed E-state index contributed by atoms with van der Waals surface area (Å²) in [5.74, 6) is 0.967. The van der Waals surface area contributed by atoms with E-state index < -0.39 is 0 Å². The zero-order valence-corrected chi connectivity index (χ0v) is 12.7. The third kappa shape index (κ3) is 3.87. The van der Waals surface area contributed by atoms with Crippen LogP contribution in [0.25, 0.3) is 0 Å². The van der Waals surface area contributed by atoms with E-state index in [1.165, 1.54) is 5.69 Å². The fraction of sp³-hybridized carbons (Fsp3) is 0.625. The maximum atomic E-state index is 5.99. The second-order valence-electron chi connectivity index (χ2n) is 5.46. The van der Waals surface area contributed by atoms with E-state index in [1.807, 2.05) is 12.1 Å². The number of para-hydroxylation sites is 2. The van der Waals surface area contributed by atoms with Crippen LogP contribution in [0, 0.1) is 0 Å². The molecule has 4 heteroatoms. The van der Waals surface area contributed by atoms with E-state index in [9.17, 15) is 0 Å². The molecule has 1 atom stereocenters. The Morgan fingerprint density at radius 3 is 2.55 bits per heavy atom. The van der Waals surface area contributed by atoms with Crippen LogP contribution in [0.2, 0.25) is 0 Å². The third-order valence-corrected chi connectivity index (χ3v) is 4.14. The molecule has 2 N–H and O–H groups in total. The Morgan fingerprint density at radius 1 is 1.20 bits per heavy atom. The predicted octanol–water partition coefficient (Wildman–Crippen LogP) is 1.94. The van der Waals surface area contributed by atoms with Crippen molar-refractivity contribution in [2.45, 2.75) is 25.8 Å². The van der Waals surface area contributed by atoms with Crippen LogP contribution in [-0.4, -0.2) is 50.8 Å². The first-order valence-electron chi connectivity index (χ1n) is 7.60. The molecule has 0 bridgehead atoms. The minimum absolute atomic E-state index is 0.349. The largest absolute Gasteiger partial charge is 0.495 e. The van der Waals surface area contributed by atoms with Gasteiger partial charge in [-0.1, -0.05) is 19.1 Å². The Labute approximate surface area is 122 Å². The molecule has 1 aliphatic heterocycles. The molecular formula is C16H27N3O. The second-order valence-corrected chi connectivity index (χ2v) is 5.46. The Hall–Kier alpha value is -1.26. The van der Waals surface area contributed by atoms with Crippen molar-refractivity contribution >= 4 is 5.69 Å². The molecule has 1 saturated heterocycles. The van der Waals surface area contributed by atoms with Gasteiger partial charge in [0.15, 0.2) is 0 Å². The van der Waals surface area contributed by atoms with Gasteiger partial charge in [-0.3, -0.25) is 4.90 Å². The van der Waals surface area contributed by atoms with Gasteiger partial charge in [-0.05, 0) is 31.5 Å². The predicted molar refractivity (Wildman–Crippen MR) is 84.5 cm³/mol. The van der Waals surface area contributed by atoms with Gasteiger partial charge in [0.1, 0.15) is 5.75 Å². The highest BCUT2D eigenvalue weighted by Gasteiger charge is 2.19. The fourth-order valence-corrected chi connectivity index (χ4v) is 2.66. The first kappa shape index (κ1) is 15.1. The highest BCUT2D eigenvalue weighted by molar-refractivity contribution is 5.58. The van der Waals surface area contributed by atoms with E-state index >= 15 is 0 Å². The molecule has 2 rings (SSSR count). The van der Waals surface area contributed by atoms with Crippen LogP contribution in [0.3, 0.4) is 0 Å². The summed E-state index contributed by atoms with van der Waals surface area (Å²) >= 11 is 0. The number of hydrogen-bond donors (Lipinski definition) is 1. The zero-order chi connectivity index (χ0) is 14.4. The van der Waals surface area contributed by atoms with Gasteiger partial charge in [0.05, 0.1) is 12.8 Å². The molecule has 0 amide bonds. The van der Waals surface area contributed by atoms with Crippen LogP contribution >= 0.6 is 0 Å². The van der Waals surface area contributed by atoms with Gasteiger partial charge < -0.3 is 15.4 Å². The zero-order valence-electron chi connectivity index (χ0n) is 12.7. The summed E-state index contributed by atoms with van der Waals surface area (Å²) in [4.78, 5) is 4.93. The van der Waals surface area contributed by atoms with Crippen LogP contribution in [-0.2, 0) is 0 Å². The first-order chi connectivity index (χ1) is 9.74. The molecule has 0 saturated carbocycles. The molecular weight excluding hydrogens is 250 g/mol. The molecule has 1 heterocycles. The van der Waals surface area contributed by atoms with Gasteiger partial charge in [-0.15, -0.1) is 0 Å². The Balaban J connectivity index is 1.85. The maximum absolute atomic E-state index is 5.99. The van der Waals surface area contributed by atoms with Crippen molar-refractivity contribution in [1.29, 1.82) is 0 Å². The molecule has 4 nitrogen and oxygen atoms in total. The van der Waals surface area contributed by atoms with Crippen molar-refractivity contribution in [2.24, 2.45) is 5.73 Å². The van der Waals surface area contributed by atoms with E-state index in [2.05, 4.69) is 28.9 Å². The van der Waals surface area contributed by atoms with Gasteiger partial charge in [-0.25, -0.2) is 0 Å².